The zero-order valence-electron chi connectivity index (χ0n) is 52.2. The maximum absolute atomic E-state index is 12.7. The number of hydrogen-bond acceptors (Lipinski definition) is 20. The van der Waals surface area contributed by atoms with Crippen LogP contribution >= 0.6 is 0 Å². The zero-order valence-corrected chi connectivity index (χ0v) is 52.2. The second kappa shape index (κ2) is 64.3. The fraction of sp³-hybridized carbons (Fsp3) is 0.917. The first-order chi connectivity index (χ1) is 41.0. The van der Waals surface area contributed by atoms with Crippen LogP contribution in [0.4, 0.5) is 0 Å². The number of esters is 1. The van der Waals surface area contributed by atoms with Gasteiger partial charge in [-0.05, 0) is 51.5 Å². The highest BCUT2D eigenvalue weighted by Gasteiger charge is 2.22. The number of amides is 3. The van der Waals surface area contributed by atoms with Crippen LogP contribution in [0.15, 0.2) is 0 Å². The standard InChI is InChI=1S/C60H117N5O19/c1-4-5-6-7-8-9-10-11-12-13-14-15-16-22-57(68)65-54(59(70)71)24-25-55(66)62-27-20-18-21-53(64-56(67)23-17-19-26-61)58(69)63-28-29-73-30-31-74-32-33-75-34-35-76-36-37-77-38-39-78-40-41-79-42-43-80-44-45-81-46-47-82-48-49-83-50-51-84-60(72)52(2)3/h52-54,58,63,69H,4-51,61H2,1-3H3,(H,62,66)(H,64,67)(H,65,68)(H,70,71)/t53-,54-,58?/m1/s1. The number of aliphatic hydroxyl groups excluding tert-OH is 1. The Hall–Kier alpha value is -3.21. The van der Waals surface area contributed by atoms with Crippen LogP contribution in [0.3, 0.4) is 0 Å². The molecule has 0 aromatic heterocycles. The Morgan fingerprint density at radius 3 is 1.17 bits per heavy atom. The lowest BCUT2D eigenvalue weighted by molar-refractivity contribution is -0.149. The molecule has 0 bridgehead atoms. The van der Waals surface area contributed by atoms with Gasteiger partial charge in [-0.15, -0.1) is 0 Å². The molecule has 8 N–H and O–H groups in total. The Morgan fingerprint density at radius 1 is 0.405 bits per heavy atom. The van der Waals surface area contributed by atoms with Gasteiger partial charge in [-0.1, -0.05) is 97.8 Å². The Labute approximate surface area is 504 Å². The molecule has 3 amide bonds. The zero-order chi connectivity index (χ0) is 61.5. The first-order valence-electron chi connectivity index (χ1n) is 31.7. The molecular weight excluding hydrogens is 1090 g/mol. The van der Waals surface area contributed by atoms with Gasteiger partial charge in [0.2, 0.25) is 17.7 Å². The van der Waals surface area contributed by atoms with Crippen LogP contribution in [0, 0.1) is 5.92 Å². The third kappa shape index (κ3) is 59.1. The Morgan fingerprint density at radius 2 is 0.774 bits per heavy atom. The maximum Gasteiger partial charge on any atom is 0.326 e. The number of carbonyl (C=O) groups excluding carboxylic acids is 4. The molecule has 0 saturated heterocycles. The molecule has 0 fully saturated rings. The smallest absolute Gasteiger partial charge is 0.326 e. The van der Waals surface area contributed by atoms with Gasteiger partial charge in [0.1, 0.15) is 18.9 Å². The van der Waals surface area contributed by atoms with Gasteiger partial charge in [-0.25, -0.2) is 4.79 Å². The number of aliphatic hydroxyl groups is 1. The van der Waals surface area contributed by atoms with E-state index in [-0.39, 0.29) is 55.5 Å². The summed E-state index contributed by atoms with van der Waals surface area (Å²) in [6.45, 7) is 16.6. The van der Waals surface area contributed by atoms with Crippen molar-refractivity contribution in [3.63, 3.8) is 0 Å². The molecule has 0 aromatic carbocycles. The minimum Gasteiger partial charge on any atom is -0.480 e. The van der Waals surface area contributed by atoms with E-state index in [4.69, 9.17) is 62.6 Å². The van der Waals surface area contributed by atoms with E-state index < -0.39 is 24.3 Å². The van der Waals surface area contributed by atoms with Crippen molar-refractivity contribution in [3.05, 3.63) is 0 Å². The van der Waals surface area contributed by atoms with E-state index in [0.717, 1.165) is 25.7 Å². The van der Waals surface area contributed by atoms with E-state index >= 15 is 0 Å². The summed E-state index contributed by atoms with van der Waals surface area (Å²) in [6.07, 6.45) is 18.0. The molecule has 84 heavy (non-hydrogen) atoms. The summed E-state index contributed by atoms with van der Waals surface area (Å²) in [4.78, 5) is 60.9. The number of ether oxygens (including phenoxy) is 12. The Kier molecular flexibility index (Phi) is 61.8. The maximum atomic E-state index is 12.7. The average molecular weight is 1210 g/mol. The fourth-order valence-electron chi connectivity index (χ4n) is 8.02. The van der Waals surface area contributed by atoms with Crippen molar-refractivity contribution in [2.24, 2.45) is 11.7 Å². The van der Waals surface area contributed by atoms with Gasteiger partial charge < -0.3 is 88.7 Å². The van der Waals surface area contributed by atoms with Crippen LogP contribution < -0.4 is 27.0 Å². The number of aliphatic carboxylic acids is 1. The van der Waals surface area contributed by atoms with Gasteiger partial charge in [0, 0.05) is 32.4 Å². The van der Waals surface area contributed by atoms with E-state index in [0.29, 0.717) is 204 Å². The molecule has 0 aliphatic heterocycles. The third-order valence-electron chi connectivity index (χ3n) is 12.9. The first-order valence-corrected chi connectivity index (χ1v) is 31.7. The molecule has 0 radical (unpaired) electrons. The van der Waals surface area contributed by atoms with Crippen LogP contribution in [0.2, 0.25) is 0 Å². The number of nitrogens with two attached hydrogens (primary N) is 1. The number of carbonyl (C=O) groups is 5. The van der Waals surface area contributed by atoms with Crippen molar-refractivity contribution in [1.82, 2.24) is 21.3 Å². The van der Waals surface area contributed by atoms with E-state index in [1.165, 1.54) is 57.8 Å². The van der Waals surface area contributed by atoms with Crippen LogP contribution in [0.25, 0.3) is 0 Å². The van der Waals surface area contributed by atoms with E-state index in [2.05, 4.69) is 28.2 Å². The van der Waals surface area contributed by atoms with Crippen LogP contribution in [-0.4, -0.2) is 230 Å². The molecule has 0 aliphatic carbocycles. The van der Waals surface area contributed by atoms with E-state index in [9.17, 15) is 34.2 Å². The van der Waals surface area contributed by atoms with Gasteiger partial charge >= 0.3 is 11.9 Å². The SMILES string of the molecule is CCCCCCCCCCCCCCCC(=O)N[C@H](CCC(=O)NCCCC[C@@H](NC(=O)CCCCN)C(O)NCCOCCOCCOCCOCCOCCOCCOCCOCCOCCOCCOCCOC(=O)C(C)C)C(=O)O. The van der Waals surface area contributed by atoms with Crippen LogP contribution in [0.1, 0.15) is 162 Å². The van der Waals surface area contributed by atoms with Gasteiger partial charge in [0.05, 0.1) is 157 Å². The summed E-state index contributed by atoms with van der Waals surface area (Å²) in [7, 11) is 0. The molecule has 0 aromatic rings. The summed E-state index contributed by atoms with van der Waals surface area (Å²) in [5.41, 5.74) is 5.59. The van der Waals surface area contributed by atoms with Crippen molar-refractivity contribution in [1.29, 1.82) is 0 Å². The van der Waals surface area contributed by atoms with Gasteiger partial charge in [0.15, 0.2) is 0 Å². The quantitative estimate of drug-likeness (QED) is 0.0239. The lowest BCUT2D eigenvalue weighted by atomic mass is 10.0. The summed E-state index contributed by atoms with van der Waals surface area (Å²) in [5.74, 6) is -2.34. The van der Waals surface area contributed by atoms with Gasteiger partial charge in [-0.3, -0.25) is 24.5 Å². The minimum absolute atomic E-state index is 0.0126. The van der Waals surface area contributed by atoms with Gasteiger partial charge in [0.25, 0.3) is 0 Å². The number of carboxylic acid groups (broad SMARTS) is 1. The van der Waals surface area contributed by atoms with Crippen molar-refractivity contribution >= 4 is 29.7 Å². The number of carboxylic acids is 1. The monoisotopic (exact) mass is 1210 g/mol. The molecule has 24 nitrogen and oxygen atoms in total. The number of nitrogens with one attached hydrogen (secondary N) is 4. The number of rotatable bonds is 68. The molecule has 0 rings (SSSR count). The fourth-order valence-corrected chi connectivity index (χ4v) is 8.02. The first kappa shape index (κ1) is 80.8. The van der Waals surface area contributed by atoms with E-state index in [1.807, 2.05) is 0 Å². The molecular formula is C60H117N5O19. The molecule has 3 atom stereocenters. The van der Waals surface area contributed by atoms with Crippen molar-refractivity contribution in [2.75, 3.05) is 172 Å². The highest BCUT2D eigenvalue weighted by molar-refractivity contribution is 5.84. The normalized spacial score (nSPS) is 12.6. The molecule has 496 valence electrons. The molecule has 1 unspecified atom stereocenters. The summed E-state index contributed by atoms with van der Waals surface area (Å²) >= 11 is 0. The summed E-state index contributed by atoms with van der Waals surface area (Å²) in [5, 5.41) is 32.0. The molecule has 0 heterocycles. The highest BCUT2D eigenvalue weighted by Crippen LogP contribution is 2.14. The Bertz CT molecular complexity index is 1490. The third-order valence-corrected chi connectivity index (χ3v) is 12.9. The second-order valence-electron chi connectivity index (χ2n) is 20.7. The lowest BCUT2D eigenvalue weighted by Crippen LogP contribution is -2.50. The minimum atomic E-state index is -1.17. The molecule has 0 saturated carbocycles. The second-order valence-corrected chi connectivity index (χ2v) is 20.7. The Balaban J connectivity index is 3.87. The largest absolute Gasteiger partial charge is 0.480 e. The predicted molar refractivity (Wildman–Crippen MR) is 320 cm³/mol. The predicted octanol–water partition coefficient (Wildman–Crippen LogP) is 5.01. The molecule has 24 heteroatoms. The van der Waals surface area contributed by atoms with Crippen molar-refractivity contribution < 1.29 is 91.0 Å². The van der Waals surface area contributed by atoms with Crippen molar-refractivity contribution in [2.45, 2.75) is 180 Å². The average Bonchev–Trinajstić information content (AvgIpc) is 3.54. The summed E-state index contributed by atoms with van der Waals surface area (Å²) in [6, 6.07) is -1.71. The molecule has 0 aliphatic rings. The van der Waals surface area contributed by atoms with Crippen LogP contribution in [0.5, 0.6) is 0 Å². The number of unbranched alkanes of at least 4 members (excludes halogenated alkanes) is 14. The van der Waals surface area contributed by atoms with Crippen molar-refractivity contribution in [3.8, 4) is 0 Å². The topological polar surface area (TPSA) is 311 Å². The van der Waals surface area contributed by atoms with E-state index in [1.54, 1.807) is 13.8 Å². The lowest BCUT2D eigenvalue weighted by Gasteiger charge is -2.25. The summed E-state index contributed by atoms with van der Waals surface area (Å²) < 4.78 is 65.6. The van der Waals surface area contributed by atoms with Gasteiger partial charge in [-0.2, -0.15) is 0 Å². The molecule has 0 spiro atoms. The number of hydrogen-bond donors (Lipinski definition) is 7. The highest BCUT2D eigenvalue weighted by atomic mass is 16.6. The van der Waals surface area contributed by atoms with Crippen LogP contribution in [-0.2, 0) is 80.8 Å².